The first-order chi connectivity index (χ1) is 10.1. The molecule has 1 aromatic heterocycles. The van der Waals surface area contributed by atoms with Crippen LogP contribution in [-0.2, 0) is 6.54 Å². The SMILES string of the molecule is CC1C(O)CCCN1Cc1cc(-c2ccc(Cl)cc2)no1. The molecule has 2 aromatic rings. The predicted molar refractivity (Wildman–Crippen MR) is 82.1 cm³/mol. The zero-order valence-corrected chi connectivity index (χ0v) is 12.8. The maximum absolute atomic E-state index is 9.93. The van der Waals surface area contributed by atoms with Gasteiger partial charge in [0.2, 0.25) is 0 Å². The third kappa shape index (κ3) is 3.28. The molecule has 2 atom stereocenters. The summed E-state index contributed by atoms with van der Waals surface area (Å²) in [5.74, 6) is 0.820. The fraction of sp³-hybridized carbons (Fsp3) is 0.438. The Morgan fingerprint density at radius 2 is 2.14 bits per heavy atom. The summed E-state index contributed by atoms with van der Waals surface area (Å²) in [5, 5.41) is 14.8. The first-order valence-electron chi connectivity index (χ1n) is 7.27. The molecule has 21 heavy (non-hydrogen) atoms. The highest BCUT2D eigenvalue weighted by Gasteiger charge is 2.27. The van der Waals surface area contributed by atoms with Gasteiger partial charge in [-0.25, -0.2) is 0 Å². The Kier molecular flexibility index (Phi) is 4.29. The average Bonchev–Trinajstić information content (AvgIpc) is 2.93. The molecule has 1 aromatic carbocycles. The summed E-state index contributed by atoms with van der Waals surface area (Å²) in [5.41, 5.74) is 1.80. The summed E-state index contributed by atoms with van der Waals surface area (Å²) in [7, 11) is 0. The zero-order chi connectivity index (χ0) is 14.8. The Bertz CT molecular complexity index is 597. The number of aromatic nitrogens is 1. The number of aliphatic hydroxyl groups excluding tert-OH is 1. The molecule has 5 heteroatoms. The van der Waals surface area contributed by atoms with Crippen LogP contribution in [0.5, 0.6) is 0 Å². The molecule has 1 aliphatic rings. The smallest absolute Gasteiger partial charge is 0.151 e. The van der Waals surface area contributed by atoms with Gasteiger partial charge >= 0.3 is 0 Å². The molecule has 1 aliphatic heterocycles. The van der Waals surface area contributed by atoms with Crippen LogP contribution in [0, 0.1) is 0 Å². The third-order valence-corrected chi connectivity index (χ3v) is 4.39. The molecule has 1 saturated heterocycles. The van der Waals surface area contributed by atoms with Crippen molar-refractivity contribution in [3.8, 4) is 11.3 Å². The molecule has 0 saturated carbocycles. The number of benzene rings is 1. The second kappa shape index (κ2) is 6.18. The normalized spacial score (nSPS) is 23.4. The monoisotopic (exact) mass is 306 g/mol. The highest BCUT2D eigenvalue weighted by atomic mass is 35.5. The third-order valence-electron chi connectivity index (χ3n) is 4.14. The van der Waals surface area contributed by atoms with E-state index in [0.29, 0.717) is 11.6 Å². The summed E-state index contributed by atoms with van der Waals surface area (Å²) < 4.78 is 5.43. The molecule has 112 valence electrons. The summed E-state index contributed by atoms with van der Waals surface area (Å²) in [4.78, 5) is 2.24. The molecular weight excluding hydrogens is 288 g/mol. The molecule has 0 spiro atoms. The molecular formula is C16H19ClN2O2. The van der Waals surface area contributed by atoms with Gasteiger partial charge in [-0.15, -0.1) is 0 Å². The predicted octanol–water partition coefficient (Wildman–Crippen LogP) is 3.34. The van der Waals surface area contributed by atoms with E-state index in [1.165, 1.54) is 0 Å². The van der Waals surface area contributed by atoms with E-state index in [2.05, 4.69) is 17.0 Å². The number of likely N-dealkylation sites (tertiary alicyclic amines) is 1. The minimum atomic E-state index is -0.252. The topological polar surface area (TPSA) is 49.5 Å². The second-order valence-electron chi connectivity index (χ2n) is 5.61. The van der Waals surface area contributed by atoms with E-state index in [9.17, 15) is 5.11 Å². The molecule has 0 radical (unpaired) electrons. The number of rotatable bonds is 3. The van der Waals surface area contributed by atoms with Gasteiger partial charge in [0, 0.05) is 22.7 Å². The van der Waals surface area contributed by atoms with E-state index in [1.54, 1.807) is 0 Å². The number of nitrogens with zero attached hydrogens (tertiary/aromatic N) is 2. The van der Waals surface area contributed by atoms with Crippen molar-refractivity contribution in [2.75, 3.05) is 6.54 Å². The van der Waals surface area contributed by atoms with Crippen molar-refractivity contribution in [1.29, 1.82) is 0 Å². The van der Waals surface area contributed by atoms with Crippen molar-refractivity contribution in [3.05, 3.63) is 41.1 Å². The van der Waals surface area contributed by atoms with Crippen LogP contribution in [0.15, 0.2) is 34.9 Å². The number of hydrogen-bond donors (Lipinski definition) is 1. The molecule has 3 rings (SSSR count). The summed E-state index contributed by atoms with van der Waals surface area (Å²) in [6.07, 6.45) is 1.64. The van der Waals surface area contributed by atoms with Crippen molar-refractivity contribution >= 4 is 11.6 Å². The van der Waals surface area contributed by atoms with Crippen LogP contribution in [0.2, 0.25) is 5.02 Å². The summed E-state index contributed by atoms with van der Waals surface area (Å²) >= 11 is 5.89. The maximum atomic E-state index is 9.93. The highest BCUT2D eigenvalue weighted by Crippen LogP contribution is 2.24. The average molecular weight is 307 g/mol. The number of hydrogen-bond acceptors (Lipinski definition) is 4. The number of aliphatic hydroxyl groups is 1. The standard InChI is InChI=1S/C16H19ClN2O2/c1-11-16(20)3-2-8-19(11)10-14-9-15(18-21-14)12-4-6-13(17)7-5-12/h4-7,9,11,16,20H,2-3,8,10H2,1H3. The van der Waals surface area contributed by atoms with Crippen LogP contribution in [-0.4, -0.2) is 33.9 Å². The van der Waals surface area contributed by atoms with Crippen molar-refractivity contribution in [2.45, 2.75) is 38.5 Å². The van der Waals surface area contributed by atoms with E-state index in [4.69, 9.17) is 16.1 Å². The van der Waals surface area contributed by atoms with Crippen LogP contribution in [0.25, 0.3) is 11.3 Å². The second-order valence-corrected chi connectivity index (χ2v) is 6.04. The van der Waals surface area contributed by atoms with E-state index in [0.717, 1.165) is 36.4 Å². The Morgan fingerprint density at radius 1 is 1.38 bits per heavy atom. The highest BCUT2D eigenvalue weighted by molar-refractivity contribution is 6.30. The van der Waals surface area contributed by atoms with E-state index >= 15 is 0 Å². The summed E-state index contributed by atoms with van der Waals surface area (Å²) in [6, 6.07) is 9.65. The van der Waals surface area contributed by atoms with Crippen LogP contribution >= 0.6 is 11.6 Å². The van der Waals surface area contributed by atoms with Crippen molar-refractivity contribution in [3.63, 3.8) is 0 Å². The van der Waals surface area contributed by atoms with Crippen molar-refractivity contribution < 1.29 is 9.63 Å². The van der Waals surface area contributed by atoms with Gasteiger partial charge in [0.1, 0.15) is 5.69 Å². The van der Waals surface area contributed by atoms with Crippen molar-refractivity contribution in [1.82, 2.24) is 10.1 Å². The molecule has 1 N–H and O–H groups in total. The maximum Gasteiger partial charge on any atom is 0.151 e. The largest absolute Gasteiger partial charge is 0.392 e. The molecule has 1 fully saturated rings. The van der Waals surface area contributed by atoms with Gasteiger partial charge in [-0.05, 0) is 38.4 Å². The molecule has 0 bridgehead atoms. The van der Waals surface area contributed by atoms with Crippen LogP contribution in [0.3, 0.4) is 0 Å². The van der Waals surface area contributed by atoms with Gasteiger partial charge in [0.05, 0.1) is 12.6 Å². The molecule has 2 heterocycles. The van der Waals surface area contributed by atoms with Gasteiger partial charge < -0.3 is 9.63 Å². The molecule has 0 amide bonds. The van der Waals surface area contributed by atoms with Gasteiger partial charge in [-0.3, -0.25) is 4.90 Å². The Balaban J connectivity index is 1.71. The molecule has 4 nitrogen and oxygen atoms in total. The van der Waals surface area contributed by atoms with E-state index in [1.807, 2.05) is 30.3 Å². The van der Waals surface area contributed by atoms with E-state index < -0.39 is 0 Å². The molecule has 0 aliphatic carbocycles. The number of piperidine rings is 1. The first-order valence-corrected chi connectivity index (χ1v) is 7.65. The first kappa shape index (κ1) is 14.6. The Hall–Kier alpha value is -1.36. The lowest BCUT2D eigenvalue weighted by Gasteiger charge is -2.36. The minimum absolute atomic E-state index is 0.155. The van der Waals surface area contributed by atoms with E-state index in [-0.39, 0.29) is 12.1 Å². The Labute approximate surface area is 129 Å². The van der Waals surface area contributed by atoms with Gasteiger partial charge in [-0.2, -0.15) is 0 Å². The fourth-order valence-corrected chi connectivity index (χ4v) is 2.89. The van der Waals surface area contributed by atoms with Gasteiger partial charge in [0.15, 0.2) is 5.76 Å². The van der Waals surface area contributed by atoms with Gasteiger partial charge in [-0.1, -0.05) is 28.9 Å². The quantitative estimate of drug-likeness (QED) is 0.945. The van der Waals surface area contributed by atoms with Crippen LogP contribution in [0.1, 0.15) is 25.5 Å². The van der Waals surface area contributed by atoms with Crippen LogP contribution < -0.4 is 0 Å². The number of halogens is 1. The Morgan fingerprint density at radius 3 is 2.90 bits per heavy atom. The summed E-state index contributed by atoms with van der Waals surface area (Å²) in [6.45, 7) is 3.72. The lowest BCUT2D eigenvalue weighted by molar-refractivity contribution is 0.0118. The fourth-order valence-electron chi connectivity index (χ4n) is 2.76. The van der Waals surface area contributed by atoms with Gasteiger partial charge in [0.25, 0.3) is 0 Å². The lowest BCUT2D eigenvalue weighted by atomic mass is 10.0. The van der Waals surface area contributed by atoms with Crippen molar-refractivity contribution in [2.24, 2.45) is 0 Å². The lowest BCUT2D eigenvalue weighted by Crippen LogP contribution is -2.45. The molecule has 2 unspecified atom stereocenters. The minimum Gasteiger partial charge on any atom is -0.392 e. The zero-order valence-electron chi connectivity index (χ0n) is 12.0. The van der Waals surface area contributed by atoms with Crippen LogP contribution in [0.4, 0.5) is 0 Å².